The maximum Gasteiger partial charge on any atom is 0.295 e. The molecule has 0 aliphatic carbocycles. The molecule has 0 radical (unpaired) electrons. The van der Waals surface area contributed by atoms with E-state index in [0.29, 0.717) is 12.1 Å². The van der Waals surface area contributed by atoms with Crippen LogP contribution in [0.25, 0.3) is 5.76 Å². The number of hydrogen-bond donors (Lipinski definition) is 1. The number of aryl methyl sites for hydroxylation is 1. The van der Waals surface area contributed by atoms with Gasteiger partial charge < -0.3 is 14.9 Å². The third-order valence-corrected chi connectivity index (χ3v) is 7.42. The number of aliphatic hydroxyl groups excluding tert-OH is 1. The van der Waals surface area contributed by atoms with E-state index in [2.05, 4.69) is 41.6 Å². The van der Waals surface area contributed by atoms with Crippen LogP contribution in [0.4, 0.5) is 0 Å². The summed E-state index contributed by atoms with van der Waals surface area (Å²) in [5.74, 6) is -1.28. The van der Waals surface area contributed by atoms with Crippen molar-refractivity contribution in [2.45, 2.75) is 65.3 Å². The molecule has 1 aliphatic heterocycles. The van der Waals surface area contributed by atoms with Gasteiger partial charge in [0.1, 0.15) is 5.76 Å². The fraction of sp³-hybridized carbons (Fsp3) is 0.467. The summed E-state index contributed by atoms with van der Waals surface area (Å²) in [5, 5.41) is 11.2. The van der Waals surface area contributed by atoms with E-state index in [1.54, 1.807) is 17.0 Å². The highest BCUT2D eigenvalue weighted by atomic mass is 79.9. The molecule has 0 aromatic heterocycles. The first-order valence-electron chi connectivity index (χ1n) is 13.3. The van der Waals surface area contributed by atoms with Crippen LogP contribution in [0.2, 0.25) is 0 Å². The second-order valence-electron chi connectivity index (χ2n) is 9.50. The Morgan fingerprint density at radius 2 is 1.47 bits per heavy atom. The van der Waals surface area contributed by atoms with Gasteiger partial charge in [-0.15, -0.1) is 0 Å². The van der Waals surface area contributed by atoms with E-state index in [1.165, 1.54) is 5.56 Å². The molecule has 2 aromatic carbocycles. The maximum atomic E-state index is 13.3. The van der Waals surface area contributed by atoms with Gasteiger partial charge in [0.05, 0.1) is 11.6 Å². The van der Waals surface area contributed by atoms with Crippen molar-refractivity contribution in [3.63, 3.8) is 0 Å². The first-order chi connectivity index (χ1) is 17.4. The van der Waals surface area contributed by atoms with Crippen molar-refractivity contribution in [1.82, 2.24) is 9.80 Å². The number of ketones is 1. The summed E-state index contributed by atoms with van der Waals surface area (Å²) in [6.07, 6.45) is 6.31. The average Bonchev–Trinajstić information content (AvgIpc) is 3.15. The van der Waals surface area contributed by atoms with E-state index < -0.39 is 17.7 Å². The van der Waals surface area contributed by atoms with Gasteiger partial charge in [0.15, 0.2) is 0 Å². The van der Waals surface area contributed by atoms with E-state index in [-0.39, 0.29) is 11.3 Å². The Morgan fingerprint density at radius 3 is 2.03 bits per heavy atom. The first-order valence-corrected chi connectivity index (χ1v) is 14.1. The monoisotopic (exact) mass is 554 g/mol. The first kappa shape index (κ1) is 28.1. The number of likely N-dealkylation sites (tertiary alicyclic amines) is 1. The number of nitrogens with zero attached hydrogens (tertiary/aromatic N) is 2. The van der Waals surface area contributed by atoms with Crippen LogP contribution in [-0.2, 0) is 16.0 Å². The van der Waals surface area contributed by atoms with E-state index in [1.807, 2.05) is 36.4 Å². The smallest absolute Gasteiger partial charge is 0.295 e. The fourth-order valence-electron chi connectivity index (χ4n) is 4.72. The quantitative estimate of drug-likeness (QED) is 0.169. The van der Waals surface area contributed by atoms with Crippen molar-refractivity contribution in [3.05, 3.63) is 75.3 Å². The van der Waals surface area contributed by atoms with E-state index in [9.17, 15) is 14.7 Å². The van der Waals surface area contributed by atoms with Gasteiger partial charge in [-0.05, 0) is 68.6 Å². The van der Waals surface area contributed by atoms with Crippen molar-refractivity contribution >= 4 is 33.4 Å². The topological polar surface area (TPSA) is 60.9 Å². The summed E-state index contributed by atoms with van der Waals surface area (Å²) < 4.78 is 0.877. The van der Waals surface area contributed by atoms with E-state index in [0.717, 1.165) is 68.2 Å². The van der Waals surface area contributed by atoms with Gasteiger partial charge in [0.2, 0.25) is 0 Å². The van der Waals surface area contributed by atoms with Crippen LogP contribution in [0.5, 0.6) is 0 Å². The molecule has 6 heteroatoms. The fourth-order valence-corrected chi connectivity index (χ4v) is 4.98. The van der Waals surface area contributed by atoms with Gasteiger partial charge in [0.25, 0.3) is 11.7 Å². The average molecular weight is 556 g/mol. The minimum absolute atomic E-state index is 0.125. The van der Waals surface area contributed by atoms with Crippen molar-refractivity contribution < 1.29 is 14.7 Å². The summed E-state index contributed by atoms with van der Waals surface area (Å²) in [4.78, 5) is 30.6. The number of benzene rings is 2. The lowest BCUT2D eigenvalue weighted by Gasteiger charge is -2.27. The molecule has 1 atom stereocenters. The highest BCUT2D eigenvalue weighted by molar-refractivity contribution is 9.10. The van der Waals surface area contributed by atoms with Gasteiger partial charge in [-0.25, -0.2) is 0 Å². The van der Waals surface area contributed by atoms with E-state index in [4.69, 9.17) is 0 Å². The third kappa shape index (κ3) is 6.86. The van der Waals surface area contributed by atoms with Crippen molar-refractivity contribution in [3.8, 4) is 0 Å². The molecule has 5 nitrogen and oxygen atoms in total. The second kappa shape index (κ2) is 13.8. The molecular weight excluding hydrogens is 516 g/mol. The maximum absolute atomic E-state index is 13.3. The molecule has 0 spiro atoms. The van der Waals surface area contributed by atoms with Crippen molar-refractivity contribution in [2.24, 2.45) is 0 Å². The SMILES string of the molecule is CCCCN(CCCC)CCCN1C(=O)C(=O)/C(=C(\O)c2ccc(Br)cc2)C1c1ccc(CC)cc1. The van der Waals surface area contributed by atoms with E-state index >= 15 is 0 Å². The number of hydrogen-bond acceptors (Lipinski definition) is 4. The zero-order valence-corrected chi connectivity index (χ0v) is 23.4. The van der Waals surface area contributed by atoms with Gasteiger partial charge in [-0.2, -0.15) is 0 Å². The Bertz CT molecular complexity index is 1040. The molecule has 0 bridgehead atoms. The minimum Gasteiger partial charge on any atom is -0.507 e. The Morgan fingerprint density at radius 1 is 0.889 bits per heavy atom. The highest BCUT2D eigenvalue weighted by Crippen LogP contribution is 2.39. The summed E-state index contributed by atoms with van der Waals surface area (Å²) in [5.41, 5.74) is 2.72. The summed E-state index contributed by atoms with van der Waals surface area (Å²) >= 11 is 3.41. The summed E-state index contributed by atoms with van der Waals surface area (Å²) in [6, 6.07) is 14.6. The zero-order valence-electron chi connectivity index (χ0n) is 21.8. The molecule has 0 saturated carbocycles. The number of rotatable bonds is 13. The molecule has 2 aromatic rings. The lowest BCUT2D eigenvalue weighted by molar-refractivity contribution is -0.140. The van der Waals surface area contributed by atoms with Gasteiger partial charge in [0, 0.05) is 16.6 Å². The molecule has 1 heterocycles. The van der Waals surface area contributed by atoms with Crippen molar-refractivity contribution in [2.75, 3.05) is 26.2 Å². The minimum atomic E-state index is -0.617. The molecule has 36 heavy (non-hydrogen) atoms. The predicted octanol–water partition coefficient (Wildman–Crippen LogP) is 6.73. The molecule has 1 unspecified atom stereocenters. The summed E-state index contributed by atoms with van der Waals surface area (Å²) in [6.45, 7) is 9.96. The summed E-state index contributed by atoms with van der Waals surface area (Å²) in [7, 11) is 0. The number of unbranched alkanes of at least 4 members (excludes halogenated alkanes) is 2. The van der Waals surface area contributed by atoms with Crippen molar-refractivity contribution in [1.29, 1.82) is 0 Å². The molecule has 194 valence electrons. The number of halogens is 1. The largest absolute Gasteiger partial charge is 0.507 e. The Balaban J connectivity index is 1.91. The van der Waals surface area contributed by atoms with Crippen LogP contribution in [0.15, 0.2) is 58.6 Å². The molecule has 3 rings (SSSR count). The number of amides is 1. The molecular formula is C30H39BrN2O3. The number of carbonyl (C=O) groups is 2. The standard InChI is InChI=1S/C30H39BrN2O3/c1-4-7-18-32(19-8-5-2)20-9-21-33-27(23-12-10-22(6-3)11-13-23)26(29(35)30(33)36)28(34)24-14-16-25(31)17-15-24/h10-17,27,34H,4-9,18-21H2,1-3H3/b28-26-. The molecule has 1 amide bonds. The lowest BCUT2D eigenvalue weighted by atomic mass is 9.94. The number of carbonyl (C=O) groups excluding carboxylic acids is 2. The normalized spacial score (nSPS) is 17.4. The zero-order chi connectivity index (χ0) is 26.1. The van der Waals surface area contributed by atoms with Crippen LogP contribution in [0.3, 0.4) is 0 Å². The Kier molecular flexibility index (Phi) is 10.7. The Labute approximate surface area is 224 Å². The van der Waals surface area contributed by atoms with Crippen LogP contribution in [-0.4, -0.2) is 52.8 Å². The molecule has 1 aliphatic rings. The molecule has 1 N–H and O–H groups in total. The second-order valence-corrected chi connectivity index (χ2v) is 10.4. The third-order valence-electron chi connectivity index (χ3n) is 6.89. The predicted molar refractivity (Wildman–Crippen MR) is 150 cm³/mol. The molecule has 1 fully saturated rings. The lowest BCUT2D eigenvalue weighted by Crippen LogP contribution is -2.34. The van der Waals surface area contributed by atoms with Crippen LogP contribution >= 0.6 is 15.9 Å². The van der Waals surface area contributed by atoms with Gasteiger partial charge in [-0.3, -0.25) is 9.59 Å². The van der Waals surface area contributed by atoms with Crippen LogP contribution < -0.4 is 0 Å². The Hall–Kier alpha value is -2.44. The van der Waals surface area contributed by atoms with Gasteiger partial charge in [-0.1, -0.05) is 85.9 Å². The molecule has 1 saturated heterocycles. The highest BCUT2D eigenvalue weighted by Gasteiger charge is 2.45. The number of aliphatic hydroxyl groups is 1. The van der Waals surface area contributed by atoms with Crippen LogP contribution in [0, 0.1) is 0 Å². The number of Topliss-reactive ketones (excluding diaryl/α,β-unsaturated/α-hetero) is 1. The van der Waals surface area contributed by atoms with Gasteiger partial charge >= 0.3 is 0 Å². The van der Waals surface area contributed by atoms with Crippen LogP contribution in [0.1, 0.15) is 75.6 Å².